The second kappa shape index (κ2) is 9.87. The number of aryl methyl sites for hydroxylation is 2. The molecular formula is C20H23NO4S. The van der Waals surface area contributed by atoms with E-state index in [4.69, 9.17) is 9.84 Å². The summed E-state index contributed by atoms with van der Waals surface area (Å²) in [5, 5.41) is 11.5. The number of carbonyl (C=O) groups excluding carboxylic acids is 1. The number of aliphatic carboxylic acids is 1. The minimum Gasteiger partial charge on any atom is -0.482 e. The lowest BCUT2D eigenvalue weighted by Crippen LogP contribution is -2.23. The summed E-state index contributed by atoms with van der Waals surface area (Å²) >= 11 is 1.67. The van der Waals surface area contributed by atoms with Crippen molar-refractivity contribution in [2.75, 3.05) is 12.4 Å². The summed E-state index contributed by atoms with van der Waals surface area (Å²) < 4.78 is 5.13. The van der Waals surface area contributed by atoms with Crippen LogP contribution in [0.1, 0.15) is 23.1 Å². The van der Waals surface area contributed by atoms with Crippen LogP contribution in [0.15, 0.2) is 47.4 Å². The number of benzene rings is 2. The van der Waals surface area contributed by atoms with Crippen LogP contribution in [0.25, 0.3) is 0 Å². The molecule has 0 aliphatic carbocycles. The van der Waals surface area contributed by atoms with Crippen LogP contribution in [0.2, 0.25) is 0 Å². The third-order valence-corrected chi connectivity index (χ3v) is 4.82. The second-order valence-corrected chi connectivity index (χ2v) is 7.12. The average molecular weight is 373 g/mol. The van der Waals surface area contributed by atoms with E-state index in [-0.39, 0.29) is 12.5 Å². The molecule has 0 aromatic heterocycles. The topological polar surface area (TPSA) is 75.6 Å². The lowest BCUT2D eigenvalue weighted by Gasteiger charge is -2.08. The molecule has 0 atom stereocenters. The fourth-order valence-corrected chi connectivity index (χ4v) is 3.19. The first-order valence-corrected chi connectivity index (χ1v) is 9.33. The van der Waals surface area contributed by atoms with Gasteiger partial charge in [-0.2, -0.15) is 0 Å². The van der Waals surface area contributed by atoms with Gasteiger partial charge in [0.25, 0.3) is 0 Å². The molecule has 2 aromatic rings. The Morgan fingerprint density at radius 1 is 1.12 bits per heavy atom. The van der Waals surface area contributed by atoms with Gasteiger partial charge in [-0.25, -0.2) is 4.79 Å². The molecule has 0 saturated heterocycles. The van der Waals surface area contributed by atoms with Gasteiger partial charge in [-0.15, -0.1) is 11.8 Å². The van der Waals surface area contributed by atoms with Crippen LogP contribution in [0.3, 0.4) is 0 Å². The van der Waals surface area contributed by atoms with Gasteiger partial charge < -0.3 is 15.2 Å². The van der Waals surface area contributed by atoms with Crippen LogP contribution in [0.4, 0.5) is 0 Å². The minimum absolute atomic E-state index is 0.0156. The number of hydrogen-bond donors (Lipinski definition) is 2. The first kappa shape index (κ1) is 19.8. The van der Waals surface area contributed by atoms with Crippen LogP contribution >= 0.6 is 11.8 Å². The maximum atomic E-state index is 12.0. The van der Waals surface area contributed by atoms with Crippen LogP contribution in [0.5, 0.6) is 5.75 Å². The average Bonchev–Trinajstić information content (AvgIpc) is 2.61. The zero-order valence-electron chi connectivity index (χ0n) is 15.0. The van der Waals surface area contributed by atoms with Gasteiger partial charge in [0.15, 0.2) is 6.61 Å². The van der Waals surface area contributed by atoms with Crippen molar-refractivity contribution in [2.24, 2.45) is 0 Å². The van der Waals surface area contributed by atoms with E-state index >= 15 is 0 Å². The van der Waals surface area contributed by atoms with E-state index in [2.05, 4.69) is 37.4 Å². The third kappa shape index (κ3) is 6.80. The minimum atomic E-state index is -1.02. The number of carbonyl (C=O) groups is 2. The molecule has 0 heterocycles. The van der Waals surface area contributed by atoms with E-state index in [9.17, 15) is 9.59 Å². The summed E-state index contributed by atoms with van der Waals surface area (Å²) in [6.07, 6.45) is 0.437. The molecule has 2 aromatic carbocycles. The molecule has 0 aliphatic heterocycles. The standard InChI is InChI=1S/C20H23NO4S/c1-14-6-7-18(10-15(14)2)26-9-8-19(22)21-12-16-4-3-5-17(11-16)25-13-20(23)24/h3-7,10-11H,8-9,12-13H2,1-2H3,(H,21,22)(H,23,24). The van der Waals surface area contributed by atoms with Crippen LogP contribution in [-0.2, 0) is 16.1 Å². The molecular weight excluding hydrogens is 350 g/mol. The molecule has 1 amide bonds. The molecule has 0 bridgehead atoms. The predicted octanol–water partition coefficient (Wildman–Crippen LogP) is 3.57. The lowest BCUT2D eigenvalue weighted by molar-refractivity contribution is -0.139. The summed E-state index contributed by atoms with van der Waals surface area (Å²) in [6.45, 7) is 4.17. The van der Waals surface area contributed by atoms with E-state index in [0.29, 0.717) is 18.7 Å². The first-order valence-electron chi connectivity index (χ1n) is 8.34. The van der Waals surface area contributed by atoms with E-state index < -0.39 is 5.97 Å². The van der Waals surface area contributed by atoms with Gasteiger partial charge in [-0.3, -0.25) is 4.79 Å². The largest absolute Gasteiger partial charge is 0.482 e. The highest BCUT2D eigenvalue weighted by Crippen LogP contribution is 2.21. The van der Waals surface area contributed by atoms with E-state index in [1.807, 2.05) is 6.07 Å². The number of thioether (sulfide) groups is 1. The SMILES string of the molecule is Cc1ccc(SCCC(=O)NCc2cccc(OCC(=O)O)c2)cc1C. The Bertz CT molecular complexity index is 776. The monoisotopic (exact) mass is 373 g/mol. The van der Waals surface area contributed by atoms with Gasteiger partial charge in [0.1, 0.15) is 5.75 Å². The van der Waals surface area contributed by atoms with E-state index in [1.165, 1.54) is 16.0 Å². The summed E-state index contributed by atoms with van der Waals surface area (Å²) in [4.78, 5) is 23.7. The van der Waals surface area contributed by atoms with Gasteiger partial charge in [0, 0.05) is 23.6 Å². The highest BCUT2D eigenvalue weighted by molar-refractivity contribution is 7.99. The Kier molecular flexibility index (Phi) is 7.53. The molecule has 0 fully saturated rings. The highest BCUT2D eigenvalue weighted by atomic mass is 32.2. The Balaban J connectivity index is 1.73. The number of nitrogens with one attached hydrogen (secondary N) is 1. The van der Waals surface area contributed by atoms with Crippen LogP contribution in [0, 0.1) is 13.8 Å². The Labute approximate surface area is 157 Å². The summed E-state index contributed by atoms with van der Waals surface area (Å²) in [5.74, 6) is 0.156. The normalized spacial score (nSPS) is 10.4. The summed E-state index contributed by atoms with van der Waals surface area (Å²) in [5.41, 5.74) is 3.38. The van der Waals surface area contributed by atoms with Crippen molar-refractivity contribution in [1.29, 1.82) is 0 Å². The molecule has 6 heteroatoms. The van der Waals surface area contributed by atoms with Crippen molar-refractivity contribution in [3.63, 3.8) is 0 Å². The molecule has 0 saturated carbocycles. The fourth-order valence-electron chi connectivity index (χ4n) is 2.24. The molecule has 138 valence electrons. The fraction of sp³-hybridized carbons (Fsp3) is 0.300. The Hall–Kier alpha value is -2.47. The van der Waals surface area contributed by atoms with Crippen molar-refractivity contribution in [3.8, 4) is 5.75 Å². The quantitative estimate of drug-likeness (QED) is 0.657. The number of amides is 1. The highest BCUT2D eigenvalue weighted by Gasteiger charge is 2.05. The Morgan fingerprint density at radius 2 is 1.92 bits per heavy atom. The number of carboxylic acids is 1. The lowest BCUT2D eigenvalue weighted by atomic mass is 10.1. The van der Waals surface area contributed by atoms with Crippen molar-refractivity contribution in [3.05, 3.63) is 59.2 Å². The van der Waals surface area contributed by atoms with Crippen molar-refractivity contribution >= 4 is 23.6 Å². The third-order valence-electron chi connectivity index (χ3n) is 3.83. The van der Waals surface area contributed by atoms with Crippen LogP contribution < -0.4 is 10.1 Å². The van der Waals surface area contributed by atoms with Crippen LogP contribution in [-0.4, -0.2) is 29.3 Å². The van der Waals surface area contributed by atoms with E-state index in [1.54, 1.807) is 30.0 Å². The molecule has 0 aliphatic rings. The maximum absolute atomic E-state index is 12.0. The number of rotatable bonds is 9. The van der Waals surface area contributed by atoms with Crippen molar-refractivity contribution in [1.82, 2.24) is 5.32 Å². The molecule has 0 radical (unpaired) electrons. The zero-order valence-corrected chi connectivity index (χ0v) is 15.8. The number of ether oxygens (including phenoxy) is 1. The number of hydrogen-bond acceptors (Lipinski definition) is 4. The molecule has 5 nitrogen and oxygen atoms in total. The van der Waals surface area contributed by atoms with Gasteiger partial charge in [0.2, 0.25) is 5.91 Å². The summed E-state index contributed by atoms with van der Waals surface area (Å²) in [6, 6.07) is 13.4. The van der Waals surface area contributed by atoms with Crippen molar-refractivity contribution in [2.45, 2.75) is 31.7 Å². The Morgan fingerprint density at radius 3 is 2.65 bits per heavy atom. The predicted molar refractivity (Wildman–Crippen MR) is 103 cm³/mol. The molecule has 2 N–H and O–H groups in total. The second-order valence-electron chi connectivity index (χ2n) is 5.95. The molecule has 26 heavy (non-hydrogen) atoms. The molecule has 0 unspecified atom stereocenters. The van der Waals surface area contributed by atoms with Gasteiger partial charge in [0.05, 0.1) is 0 Å². The summed E-state index contributed by atoms with van der Waals surface area (Å²) in [7, 11) is 0. The maximum Gasteiger partial charge on any atom is 0.341 e. The van der Waals surface area contributed by atoms with Gasteiger partial charge >= 0.3 is 5.97 Å². The zero-order chi connectivity index (χ0) is 18.9. The smallest absolute Gasteiger partial charge is 0.341 e. The van der Waals surface area contributed by atoms with E-state index in [0.717, 1.165) is 11.3 Å². The van der Waals surface area contributed by atoms with Gasteiger partial charge in [-0.05, 0) is 54.8 Å². The molecule has 0 spiro atoms. The van der Waals surface area contributed by atoms with Crippen molar-refractivity contribution < 1.29 is 19.4 Å². The number of carboxylic acid groups (broad SMARTS) is 1. The van der Waals surface area contributed by atoms with Gasteiger partial charge in [-0.1, -0.05) is 18.2 Å². The molecule has 2 rings (SSSR count). The first-order chi connectivity index (χ1) is 12.4.